The Kier molecular flexibility index (Phi) is 3.90. The van der Waals surface area contributed by atoms with Gasteiger partial charge in [0.05, 0.1) is 28.0 Å². The number of rotatable bonds is 4. The summed E-state index contributed by atoms with van der Waals surface area (Å²) in [6, 6.07) is 7.93. The first-order valence-corrected chi connectivity index (χ1v) is 7.45. The summed E-state index contributed by atoms with van der Waals surface area (Å²) in [7, 11) is 1.59. The Hall–Kier alpha value is -3.00. The summed E-state index contributed by atoms with van der Waals surface area (Å²) in [6.45, 7) is 0. The molecule has 116 valence electrons. The van der Waals surface area contributed by atoms with Crippen LogP contribution in [-0.4, -0.2) is 22.9 Å². The van der Waals surface area contributed by atoms with Crippen molar-refractivity contribution < 1.29 is 14.1 Å². The summed E-state index contributed by atoms with van der Waals surface area (Å²) in [5, 5.41) is 13.2. The molecule has 2 heterocycles. The van der Waals surface area contributed by atoms with Gasteiger partial charge in [0.25, 0.3) is 11.6 Å². The van der Waals surface area contributed by atoms with Crippen LogP contribution in [0, 0.1) is 10.1 Å². The van der Waals surface area contributed by atoms with Crippen molar-refractivity contribution in [2.24, 2.45) is 0 Å². The van der Waals surface area contributed by atoms with Gasteiger partial charge in [-0.05, 0) is 12.1 Å². The number of nitro benzene ring substituents is 1. The van der Waals surface area contributed by atoms with Crippen molar-refractivity contribution in [1.29, 1.82) is 0 Å². The summed E-state index contributed by atoms with van der Waals surface area (Å²) in [5.74, 6) is -0.262. The molecule has 0 N–H and O–H groups in total. The second kappa shape index (κ2) is 6.01. The molecule has 0 unspecified atom stereocenters. The van der Waals surface area contributed by atoms with Crippen molar-refractivity contribution in [2.45, 2.75) is 0 Å². The molecule has 7 nitrogen and oxygen atoms in total. The lowest BCUT2D eigenvalue weighted by Crippen LogP contribution is -2.25. The molecule has 0 bridgehead atoms. The van der Waals surface area contributed by atoms with Crippen LogP contribution in [0.15, 0.2) is 52.7 Å². The molecule has 8 heteroatoms. The molecule has 0 saturated carbocycles. The number of nitro groups is 1. The van der Waals surface area contributed by atoms with Crippen molar-refractivity contribution in [3.8, 4) is 11.3 Å². The number of aromatic nitrogens is 1. The molecule has 3 rings (SSSR count). The third-order valence-electron chi connectivity index (χ3n) is 3.23. The number of para-hydroxylation sites is 1. The molecule has 0 aliphatic rings. The van der Waals surface area contributed by atoms with Crippen LogP contribution in [0.3, 0.4) is 0 Å². The van der Waals surface area contributed by atoms with E-state index in [-0.39, 0.29) is 11.6 Å². The second-order valence-corrected chi connectivity index (χ2v) is 5.50. The van der Waals surface area contributed by atoms with Gasteiger partial charge < -0.3 is 4.42 Å². The van der Waals surface area contributed by atoms with Gasteiger partial charge in [-0.2, -0.15) is 0 Å². The molecule has 0 spiro atoms. The summed E-state index contributed by atoms with van der Waals surface area (Å²) < 4.78 is 4.90. The maximum absolute atomic E-state index is 12.3. The fourth-order valence-electron chi connectivity index (χ4n) is 2.06. The molecule has 1 aromatic carbocycles. The van der Waals surface area contributed by atoms with Crippen molar-refractivity contribution in [3.63, 3.8) is 0 Å². The van der Waals surface area contributed by atoms with Crippen LogP contribution in [0.2, 0.25) is 0 Å². The lowest BCUT2D eigenvalue weighted by atomic mass is 10.1. The third kappa shape index (κ3) is 2.84. The first kappa shape index (κ1) is 14.9. The van der Waals surface area contributed by atoms with Crippen molar-refractivity contribution in [3.05, 3.63) is 63.9 Å². The summed E-state index contributed by atoms with van der Waals surface area (Å²) in [5.41, 5.74) is 1.27. The van der Waals surface area contributed by atoms with Crippen LogP contribution < -0.4 is 4.90 Å². The third-order valence-corrected chi connectivity index (χ3v) is 4.15. The number of hydrogen-bond donors (Lipinski definition) is 0. The van der Waals surface area contributed by atoms with E-state index < -0.39 is 4.92 Å². The highest BCUT2D eigenvalue weighted by Gasteiger charge is 2.21. The topological polar surface area (TPSA) is 89.5 Å². The maximum atomic E-state index is 12.3. The standard InChI is InChI=1S/C15H11N3O4S/c1-17(14(19)10-6-7-22-8-10)15-16-12(9-23-15)11-4-2-3-5-13(11)18(20)21/h2-9H,1H3. The largest absolute Gasteiger partial charge is 0.472 e. The maximum Gasteiger partial charge on any atom is 0.278 e. The first-order chi connectivity index (χ1) is 11.1. The number of nitrogens with zero attached hydrogens (tertiary/aromatic N) is 3. The van der Waals surface area contributed by atoms with Gasteiger partial charge in [-0.3, -0.25) is 19.8 Å². The van der Waals surface area contributed by atoms with E-state index >= 15 is 0 Å². The van der Waals surface area contributed by atoms with E-state index in [9.17, 15) is 14.9 Å². The predicted octanol–water partition coefficient (Wildman–Crippen LogP) is 3.59. The van der Waals surface area contributed by atoms with E-state index in [0.717, 1.165) is 0 Å². The Labute approximate surface area is 135 Å². The Bertz CT molecular complexity index is 857. The molecule has 1 amide bonds. The average molecular weight is 329 g/mol. The zero-order chi connectivity index (χ0) is 16.4. The molecule has 0 atom stereocenters. The number of amides is 1. The van der Waals surface area contributed by atoms with E-state index in [1.54, 1.807) is 36.7 Å². The fourth-order valence-corrected chi connectivity index (χ4v) is 2.85. The highest BCUT2D eigenvalue weighted by molar-refractivity contribution is 7.14. The molecule has 2 aromatic heterocycles. The van der Waals surface area contributed by atoms with Crippen LogP contribution in [-0.2, 0) is 0 Å². The lowest BCUT2D eigenvalue weighted by Gasteiger charge is -2.11. The van der Waals surface area contributed by atoms with Gasteiger partial charge >= 0.3 is 0 Å². The number of anilines is 1. The van der Waals surface area contributed by atoms with E-state index in [0.29, 0.717) is 22.0 Å². The monoisotopic (exact) mass is 329 g/mol. The first-order valence-electron chi connectivity index (χ1n) is 6.57. The number of thiazole rings is 1. The Morgan fingerprint density at radius 1 is 1.35 bits per heavy atom. The average Bonchev–Trinajstić information content (AvgIpc) is 3.25. The SMILES string of the molecule is CN(C(=O)c1ccoc1)c1nc(-c2ccccc2[N+](=O)[O-])cs1. The van der Waals surface area contributed by atoms with Gasteiger partial charge in [-0.25, -0.2) is 4.98 Å². The summed E-state index contributed by atoms with van der Waals surface area (Å²) in [4.78, 5) is 28.6. The summed E-state index contributed by atoms with van der Waals surface area (Å²) >= 11 is 1.24. The minimum absolute atomic E-state index is 0.0202. The minimum atomic E-state index is -0.450. The smallest absolute Gasteiger partial charge is 0.278 e. The minimum Gasteiger partial charge on any atom is -0.472 e. The van der Waals surface area contributed by atoms with Gasteiger partial charge in [-0.1, -0.05) is 12.1 Å². The van der Waals surface area contributed by atoms with E-state index in [1.807, 2.05) is 0 Å². The summed E-state index contributed by atoms with van der Waals surface area (Å²) in [6.07, 6.45) is 2.77. The second-order valence-electron chi connectivity index (χ2n) is 4.67. The number of benzene rings is 1. The molecule has 0 aliphatic carbocycles. The number of carbonyl (C=O) groups excluding carboxylic acids is 1. The molecular formula is C15H11N3O4S. The predicted molar refractivity (Wildman–Crippen MR) is 85.6 cm³/mol. The van der Waals surface area contributed by atoms with Gasteiger partial charge in [0, 0.05) is 18.5 Å². The van der Waals surface area contributed by atoms with E-state index in [1.165, 1.54) is 34.8 Å². The van der Waals surface area contributed by atoms with Crippen LogP contribution in [0.25, 0.3) is 11.3 Å². The quantitative estimate of drug-likeness (QED) is 0.539. The van der Waals surface area contributed by atoms with Crippen LogP contribution >= 0.6 is 11.3 Å². The molecule has 3 aromatic rings. The number of carbonyl (C=O) groups is 1. The molecule has 0 radical (unpaired) electrons. The van der Waals surface area contributed by atoms with E-state index in [4.69, 9.17) is 4.42 Å². The Balaban J connectivity index is 1.92. The van der Waals surface area contributed by atoms with Crippen LogP contribution in [0.5, 0.6) is 0 Å². The molecule has 0 aliphatic heterocycles. The highest BCUT2D eigenvalue weighted by Crippen LogP contribution is 2.33. The highest BCUT2D eigenvalue weighted by atomic mass is 32.1. The number of furan rings is 1. The molecule has 0 saturated heterocycles. The van der Waals surface area contributed by atoms with Crippen LogP contribution in [0.1, 0.15) is 10.4 Å². The van der Waals surface area contributed by atoms with Gasteiger partial charge in [-0.15, -0.1) is 11.3 Å². The molecular weight excluding hydrogens is 318 g/mol. The van der Waals surface area contributed by atoms with Crippen LogP contribution in [0.4, 0.5) is 10.8 Å². The molecule has 23 heavy (non-hydrogen) atoms. The zero-order valence-corrected chi connectivity index (χ0v) is 12.8. The van der Waals surface area contributed by atoms with Gasteiger partial charge in [0.15, 0.2) is 5.13 Å². The van der Waals surface area contributed by atoms with Gasteiger partial charge in [0.2, 0.25) is 0 Å². The zero-order valence-electron chi connectivity index (χ0n) is 12.0. The molecule has 0 fully saturated rings. The van der Waals surface area contributed by atoms with Crippen molar-refractivity contribution in [2.75, 3.05) is 11.9 Å². The lowest BCUT2D eigenvalue weighted by molar-refractivity contribution is -0.384. The van der Waals surface area contributed by atoms with Gasteiger partial charge in [0.1, 0.15) is 6.26 Å². The Morgan fingerprint density at radius 2 is 2.13 bits per heavy atom. The van der Waals surface area contributed by atoms with E-state index in [2.05, 4.69) is 4.98 Å². The van der Waals surface area contributed by atoms with Crippen molar-refractivity contribution in [1.82, 2.24) is 4.98 Å². The fraction of sp³-hybridized carbons (Fsp3) is 0.0667. The normalized spacial score (nSPS) is 10.5. The van der Waals surface area contributed by atoms with Crippen molar-refractivity contribution >= 4 is 28.1 Å². The Morgan fingerprint density at radius 3 is 2.83 bits per heavy atom. The number of hydrogen-bond acceptors (Lipinski definition) is 6.